The summed E-state index contributed by atoms with van der Waals surface area (Å²) in [6, 6.07) is 10.4. The smallest absolute Gasteiger partial charge is 0.133 e. The fraction of sp³-hybridized carbons (Fsp3) is 0.200. The SMILES string of the molecule is Cc1cc(N2CCc3ccccc32)ncc1/C=N\O. The second-order valence-corrected chi connectivity index (χ2v) is 4.67. The van der Waals surface area contributed by atoms with E-state index in [1.165, 1.54) is 17.5 Å². The van der Waals surface area contributed by atoms with E-state index in [0.717, 1.165) is 29.9 Å². The first kappa shape index (κ1) is 11.7. The van der Waals surface area contributed by atoms with Crippen molar-refractivity contribution >= 4 is 17.7 Å². The minimum absolute atomic E-state index is 0.832. The van der Waals surface area contributed by atoms with Gasteiger partial charge in [0.1, 0.15) is 5.82 Å². The predicted octanol–water partition coefficient (Wildman–Crippen LogP) is 2.89. The van der Waals surface area contributed by atoms with Crippen molar-refractivity contribution in [1.29, 1.82) is 0 Å². The summed E-state index contributed by atoms with van der Waals surface area (Å²) in [5.74, 6) is 0.942. The number of aryl methyl sites for hydroxylation is 1. The van der Waals surface area contributed by atoms with Gasteiger partial charge in [-0.15, -0.1) is 0 Å². The van der Waals surface area contributed by atoms with Crippen LogP contribution in [0.3, 0.4) is 0 Å². The number of pyridine rings is 1. The zero-order valence-corrected chi connectivity index (χ0v) is 10.7. The summed E-state index contributed by atoms with van der Waals surface area (Å²) in [7, 11) is 0. The lowest BCUT2D eigenvalue weighted by Crippen LogP contribution is -2.15. The molecule has 2 heterocycles. The molecule has 0 saturated heterocycles. The Morgan fingerprint density at radius 3 is 3.00 bits per heavy atom. The van der Waals surface area contributed by atoms with Crippen LogP contribution in [0, 0.1) is 6.92 Å². The van der Waals surface area contributed by atoms with Gasteiger partial charge in [0.2, 0.25) is 0 Å². The van der Waals surface area contributed by atoms with E-state index in [9.17, 15) is 0 Å². The van der Waals surface area contributed by atoms with E-state index in [2.05, 4.69) is 39.3 Å². The Balaban J connectivity index is 1.98. The van der Waals surface area contributed by atoms with Crippen molar-refractivity contribution in [1.82, 2.24) is 4.98 Å². The van der Waals surface area contributed by atoms with Crippen molar-refractivity contribution in [3.63, 3.8) is 0 Å². The van der Waals surface area contributed by atoms with Crippen LogP contribution in [-0.4, -0.2) is 23.0 Å². The first-order valence-electron chi connectivity index (χ1n) is 6.29. The van der Waals surface area contributed by atoms with Crippen molar-refractivity contribution < 1.29 is 5.21 Å². The Hall–Kier alpha value is -2.36. The molecule has 4 nitrogen and oxygen atoms in total. The van der Waals surface area contributed by atoms with Crippen LogP contribution in [0.25, 0.3) is 0 Å². The van der Waals surface area contributed by atoms with Gasteiger partial charge in [0.15, 0.2) is 0 Å². The van der Waals surface area contributed by atoms with Gasteiger partial charge in [-0.2, -0.15) is 0 Å². The molecule has 0 fully saturated rings. The van der Waals surface area contributed by atoms with E-state index < -0.39 is 0 Å². The largest absolute Gasteiger partial charge is 0.411 e. The van der Waals surface area contributed by atoms with Crippen molar-refractivity contribution in [2.45, 2.75) is 13.3 Å². The zero-order valence-electron chi connectivity index (χ0n) is 10.7. The molecule has 1 aromatic carbocycles. The highest BCUT2D eigenvalue weighted by Gasteiger charge is 2.20. The third kappa shape index (κ3) is 2.05. The van der Waals surface area contributed by atoms with Crippen LogP contribution in [-0.2, 0) is 6.42 Å². The summed E-state index contributed by atoms with van der Waals surface area (Å²) < 4.78 is 0. The standard InChI is InChI=1S/C15H15N3O/c1-11-8-15(16-9-13(11)10-17-19)18-7-6-12-4-2-3-5-14(12)18/h2-5,8-10,19H,6-7H2,1H3/b17-10-. The highest BCUT2D eigenvalue weighted by atomic mass is 16.4. The minimum Gasteiger partial charge on any atom is -0.411 e. The summed E-state index contributed by atoms with van der Waals surface area (Å²) in [6.07, 6.45) is 4.20. The maximum Gasteiger partial charge on any atom is 0.133 e. The van der Waals surface area contributed by atoms with E-state index in [1.807, 2.05) is 13.0 Å². The number of oxime groups is 1. The predicted molar refractivity (Wildman–Crippen MR) is 75.5 cm³/mol. The summed E-state index contributed by atoms with van der Waals surface area (Å²) in [4.78, 5) is 6.69. The number of aromatic nitrogens is 1. The van der Waals surface area contributed by atoms with Gasteiger partial charge in [0.25, 0.3) is 0 Å². The van der Waals surface area contributed by atoms with E-state index in [1.54, 1.807) is 6.20 Å². The summed E-state index contributed by atoms with van der Waals surface area (Å²) in [5, 5.41) is 11.6. The number of para-hydroxylation sites is 1. The first-order valence-corrected chi connectivity index (χ1v) is 6.29. The molecule has 0 atom stereocenters. The van der Waals surface area contributed by atoms with Gasteiger partial charge >= 0.3 is 0 Å². The third-order valence-electron chi connectivity index (χ3n) is 3.50. The molecule has 0 unspecified atom stereocenters. The number of rotatable bonds is 2. The second kappa shape index (κ2) is 4.72. The molecule has 2 aromatic rings. The number of hydrogen-bond acceptors (Lipinski definition) is 4. The molecular weight excluding hydrogens is 238 g/mol. The van der Waals surface area contributed by atoms with Gasteiger partial charge in [0.05, 0.1) is 6.21 Å². The fourth-order valence-corrected chi connectivity index (χ4v) is 2.47. The van der Waals surface area contributed by atoms with Crippen LogP contribution < -0.4 is 4.90 Å². The molecule has 1 aliphatic rings. The van der Waals surface area contributed by atoms with Gasteiger partial charge in [-0.3, -0.25) is 0 Å². The number of nitrogens with zero attached hydrogens (tertiary/aromatic N) is 3. The molecule has 4 heteroatoms. The maximum absolute atomic E-state index is 8.59. The number of fused-ring (bicyclic) bond motifs is 1. The Morgan fingerprint density at radius 1 is 1.37 bits per heavy atom. The Bertz CT molecular complexity index is 637. The van der Waals surface area contributed by atoms with Crippen LogP contribution >= 0.6 is 0 Å². The number of anilines is 2. The molecule has 0 saturated carbocycles. The highest BCUT2D eigenvalue weighted by molar-refractivity contribution is 5.81. The molecule has 0 spiro atoms. The lowest BCUT2D eigenvalue weighted by Gasteiger charge is -2.19. The molecular formula is C15H15N3O. The molecule has 1 aliphatic heterocycles. The van der Waals surface area contributed by atoms with Gasteiger partial charge < -0.3 is 10.1 Å². The van der Waals surface area contributed by atoms with Crippen molar-refractivity contribution in [3.8, 4) is 0 Å². The van der Waals surface area contributed by atoms with E-state index in [0.29, 0.717) is 0 Å². The molecule has 96 valence electrons. The maximum atomic E-state index is 8.59. The average molecular weight is 253 g/mol. The van der Waals surface area contributed by atoms with Crippen molar-refractivity contribution in [2.24, 2.45) is 5.16 Å². The van der Waals surface area contributed by atoms with E-state index >= 15 is 0 Å². The lowest BCUT2D eigenvalue weighted by atomic mass is 10.1. The molecule has 0 bridgehead atoms. The monoisotopic (exact) mass is 253 g/mol. The van der Waals surface area contributed by atoms with E-state index in [-0.39, 0.29) is 0 Å². The fourth-order valence-electron chi connectivity index (χ4n) is 2.47. The van der Waals surface area contributed by atoms with Crippen LogP contribution in [0.15, 0.2) is 41.7 Å². The number of benzene rings is 1. The van der Waals surface area contributed by atoms with Crippen LogP contribution in [0.5, 0.6) is 0 Å². The summed E-state index contributed by atoms with van der Waals surface area (Å²) in [5.41, 5.74) is 4.48. The molecule has 19 heavy (non-hydrogen) atoms. The van der Waals surface area contributed by atoms with E-state index in [4.69, 9.17) is 5.21 Å². The highest BCUT2D eigenvalue weighted by Crippen LogP contribution is 2.33. The molecule has 0 amide bonds. The Morgan fingerprint density at radius 2 is 2.21 bits per heavy atom. The second-order valence-electron chi connectivity index (χ2n) is 4.67. The van der Waals surface area contributed by atoms with Gasteiger partial charge in [-0.05, 0) is 36.6 Å². The summed E-state index contributed by atoms with van der Waals surface area (Å²) >= 11 is 0. The van der Waals surface area contributed by atoms with Crippen LogP contribution in [0.1, 0.15) is 16.7 Å². The molecule has 3 rings (SSSR count). The van der Waals surface area contributed by atoms with Crippen molar-refractivity contribution in [2.75, 3.05) is 11.4 Å². The topological polar surface area (TPSA) is 48.7 Å². The Kier molecular flexibility index (Phi) is 2.91. The molecule has 0 aliphatic carbocycles. The molecule has 1 N–H and O–H groups in total. The molecule has 1 aromatic heterocycles. The van der Waals surface area contributed by atoms with Gasteiger partial charge in [0, 0.05) is 24.0 Å². The van der Waals surface area contributed by atoms with Crippen LogP contribution in [0.4, 0.5) is 11.5 Å². The summed E-state index contributed by atoms with van der Waals surface area (Å²) in [6.45, 7) is 2.95. The van der Waals surface area contributed by atoms with Gasteiger partial charge in [-0.25, -0.2) is 4.98 Å². The Labute approximate surface area is 112 Å². The van der Waals surface area contributed by atoms with Crippen LogP contribution in [0.2, 0.25) is 0 Å². The quantitative estimate of drug-likeness (QED) is 0.508. The normalized spacial score (nSPS) is 14.1. The zero-order chi connectivity index (χ0) is 13.2. The van der Waals surface area contributed by atoms with Crippen molar-refractivity contribution in [3.05, 3.63) is 53.2 Å². The average Bonchev–Trinajstić information content (AvgIpc) is 2.85. The number of hydrogen-bond donors (Lipinski definition) is 1. The first-order chi connectivity index (χ1) is 9.29. The minimum atomic E-state index is 0.832. The molecule has 0 radical (unpaired) electrons. The lowest BCUT2D eigenvalue weighted by molar-refractivity contribution is 0.322. The van der Waals surface area contributed by atoms with Gasteiger partial charge in [-0.1, -0.05) is 23.4 Å². The third-order valence-corrected chi connectivity index (χ3v) is 3.50.